The summed E-state index contributed by atoms with van der Waals surface area (Å²) in [6.07, 6.45) is -5.43. The highest BCUT2D eigenvalue weighted by Gasteiger charge is 2.43. The zero-order valence-corrected chi connectivity index (χ0v) is 14.9. The summed E-state index contributed by atoms with van der Waals surface area (Å²) in [6.45, 7) is 0.731. The van der Waals surface area contributed by atoms with E-state index in [1.54, 1.807) is 0 Å². The Hall–Kier alpha value is -3.54. The predicted molar refractivity (Wildman–Crippen MR) is 95.9 cm³/mol. The number of halogens is 3. The van der Waals surface area contributed by atoms with Crippen molar-refractivity contribution in [3.8, 4) is 0 Å². The Balaban J connectivity index is 1.95. The van der Waals surface area contributed by atoms with Gasteiger partial charge in [0.1, 0.15) is 5.69 Å². The van der Waals surface area contributed by atoms with Gasteiger partial charge in [-0.1, -0.05) is 0 Å². The number of nitrogens with one attached hydrogen (secondary N) is 1. The molecule has 1 aromatic carbocycles. The SMILES string of the molecule is CC(=O)c1ccc(N(Cc2cnc3c(n2)C(O)N=C(N)N3)C(=O)C(F)(F)F)cc1. The van der Waals surface area contributed by atoms with Crippen LogP contribution in [0.25, 0.3) is 0 Å². The van der Waals surface area contributed by atoms with Gasteiger partial charge in [-0.25, -0.2) is 15.0 Å². The third-order valence-corrected chi connectivity index (χ3v) is 4.00. The quantitative estimate of drug-likeness (QED) is 0.653. The van der Waals surface area contributed by atoms with Gasteiger partial charge in [-0.15, -0.1) is 0 Å². The molecule has 152 valence electrons. The third-order valence-electron chi connectivity index (χ3n) is 4.00. The number of rotatable bonds is 4. The Kier molecular flexibility index (Phi) is 5.20. The summed E-state index contributed by atoms with van der Waals surface area (Å²) < 4.78 is 39.3. The number of aliphatic imine (C=N–C) groups is 1. The second-order valence-corrected chi connectivity index (χ2v) is 6.10. The number of nitrogens with zero attached hydrogens (tertiary/aromatic N) is 4. The average molecular weight is 408 g/mol. The minimum atomic E-state index is -5.14. The molecule has 0 fully saturated rings. The van der Waals surface area contributed by atoms with E-state index in [0.29, 0.717) is 4.90 Å². The van der Waals surface area contributed by atoms with Crippen LogP contribution in [0.15, 0.2) is 35.5 Å². The Morgan fingerprint density at radius 1 is 1.28 bits per heavy atom. The van der Waals surface area contributed by atoms with Gasteiger partial charge in [0.2, 0.25) is 0 Å². The topological polar surface area (TPSA) is 134 Å². The number of aromatic nitrogens is 2. The molecule has 3 rings (SSSR count). The van der Waals surface area contributed by atoms with Crippen molar-refractivity contribution in [1.82, 2.24) is 9.97 Å². The lowest BCUT2D eigenvalue weighted by Crippen LogP contribution is -2.41. The number of amides is 1. The van der Waals surface area contributed by atoms with Gasteiger partial charge < -0.3 is 16.2 Å². The third kappa shape index (κ3) is 4.32. The van der Waals surface area contributed by atoms with Gasteiger partial charge in [0, 0.05) is 11.3 Å². The molecule has 2 aromatic rings. The van der Waals surface area contributed by atoms with Crippen LogP contribution < -0.4 is 16.0 Å². The van der Waals surface area contributed by atoms with Crippen molar-refractivity contribution in [2.45, 2.75) is 25.9 Å². The van der Waals surface area contributed by atoms with Crippen LogP contribution in [0.3, 0.4) is 0 Å². The van der Waals surface area contributed by atoms with Crippen LogP contribution in [0.4, 0.5) is 24.7 Å². The molecule has 29 heavy (non-hydrogen) atoms. The first-order chi connectivity index (χ1) is 13.6. The highest BCUT2D eigenvalue weighted by molar-refractivity contribution is 5.98. The van der Waals surface area contributed by atoms with E-state index in [4.69, 9.17) is 5.73 Å². The number of anilines is 2. The monoisotopic (exact) mass is 408 g/mol. The van der Waals surface area contributed by atoms with E-state index >= 15 is 0 Å². The zero-order valence-electron chi connectivity index (χ0n) is 14.9. The first-order valence-corrected chi connectivity index (χ1v) is 8.20. The number of aliphatic hydroxyl groups excluding tert-OH is 1. The lowest BCUT2D eigenvalue weighted by molar-refractivity contribution is -0.170. The van der Waals surface area contributed by atoms with Gasteiger partial charge >= 0.3 is 12.1 Å². The molecular weight excluding hydrogens is 393 g/mol. The summed E-state index contributed by atoms with van der Waals surface area (Å²) >= 11 is 0. The van der Waals surface area contributed by atoms with E-state index in [-0.39, 0.29) is 40.2 Å². The van der Waals surface area contributed by atoms with Gasteiger partial charge in [-0.05, 0) is 31.2 Å². The fourth-order valence-electron chi connectivity index (χ4n) is 2.61. The maximum Gasteiger partial charge on any atom is 0.471 e. The molecule has 0 radical (unpaired) electrons. The van der Waals surface area contributed by atoms with Crippen LogP contribution in [0.2, 0.25) is 0 Å². The van der Waals surface area contributed by atoms with E-state index in [0.717, 1.165) is 6.20 Å². The van der Waals surface area contributed by atoms with E-state index in [2.05, 4.69) is 20.3 Å². The van der Waals surface area contributed by atoms with E-state index in [1.165, 1.54) is 31.2 Å². The van der Waals surface area contributed by atoms with Crippen molar-refractivity contribution in [1.29, 1.82) is 0 Å². The Morgan fingerprint density at radius 2 is 1.93 bits per heavy atom. The van der Waals surface area contributed by atoms with Gasteiger partial charge in [-0.3, -0.25) is 14.5 Å². The molecule has 9 nitrogen and oxygen atoms in total. The lowest BCUT2D eigenvalue weighted by Gasteiger charge is -2.24. The zero-order chi connectivity index (χ0) is 21.3. The summed E-state index contributed by atoms with van der Waals surface area (Å²) in [6, 6.07) is 5.09. The maximum absolute atomic E-state index is 13.1. The number of alkyl halides is 3. The number of nitrogens with two attached hydrogens (primary N) is 1. The second kappa shape index (κ2) is 7.47. The molecular formula is C17H15F3N6O3. The molecule has 1 aromatic heterocycles. The fourth-order valence-corrected chi connectivity index (χ4v) is 2.61. The van der Waals surface area contributed by atoms with Crippen LogP contribution in [0.5, 0.6) is 0 Å². The highest BCUT2D eigenvalue weighted by atomic mass is 19.4. The van der Waals surface area contributed by atoms with Crippen molar-refractivity contribution in [2.75, 3.05) is 10.2 Å². The van der Waals surface area contributed by atoms with Crippen molar-refractivity contribution in [3.05, 3.63) is 47.4 Å². The smallest absolute Gasteiger partial charge is 0.370 e. The van der Waals surface area contributed by atoms with E-state index < -0.39 is 24.9 Å². The van der Waals surface area contributed by atoms with Crippen LogP contribution in [-0.2, 0) is 11.3 Å². The Bertz CT molecular complexity index is 991. The highest BCUT2D eigenvalue weighted by Crippen LogP contribution is 2.28. The van der Waals surface area contributed by atoms with Crippen LogP contribution in [0, 0.1) is 0 Å². The Morgan fingerprint density at radius 3 is 2.52 bits per heavy atom. The average Bonchev–Trinajstić information content (AvgIpc) is 2.65. The summed E-state index contributed by atoms with van der Waals surface area (Å²) in [7, 11) is 0. The number of benzene rings is 1. The molecule has 0 bridgehead atoms. The molecule has 0 aliphatic carbocycles. The van der Waals surface area contributed by atoms with Crippen molar-refractivity contribution >= 4 is 29.2 Å². The normalized spacial score (nSPS) is 15.8. The number of ketones is 1. The van der Waals surface area contributed by atoms with Gasteiger partial charge in [0.05, 0.1) is 18.4 Å². The first kappa shape index (κ1) is 20.2. The van der Waals surface area contributed by atoms with Gasteiger partial charge in [0.25, 0.3) is 0 Å². The largest absolute Gasteiger partial charge is 0.471 e. The molecule has 0 spiro atoms. The molecule has 0 saturated carbocycles. The molecule has 4 N–H and O–H groups in total. The standard InChI is InChI=1S/C17H15F3N6O3/c1-8(27)9-2-4-11(5-3-9)26(15(29)17(18,19)20)7-10-6-22-13-12(23-10)14(28)25-16(21)24-13/h2-6,14,28H,7H2,1H3,(H3,21,22,24,25). The number of aliphatic hydroxyl groups is 1. The fraction of sp³-hybridized carbons (Fsp3) is 0.235. The summed E-state index contributed by atoms with van der Waals surface area (Å²) in [4.78, 5) is 35.5. The number of guanidine groups is 1. The molecule has 1 aliphatic heterocycles. The summed E-state index contributed by atoms with van der Waals surface area (Å²) in [5.41, 5.74) is 5.60. The van der Waals surface area contributed by atoms with Crippen LogP contribution in [-0.4, -0.2) is 38.9 Å². The van der Waals surface area contributed by atoms with E-state index in [9.17, 15) is 27.9 Å². The number of fused-ring (bicyclic) bond motifs is 1. The molecule has 1 amide bonds. The molecule has 2 heterocycles. The number of carbonyl (C=O) groups is 2. The minimum absolute atomic E-state index is 0.0199. The molecule has 1 atom stereocenters. The second-order valence-electron chi connectivity index (χ2n) is 6.10. The van der Waals surface area contributed by atoms with Crippen LogP contribution >= 0.6 is 0 Å². The molecule has 1 unspecified atom stereocenters. The lowest BCUT2D eigenvalue weighted by atomic mass is 10.1. The summed E-state index contributed by atoms with van der Waals surface area (Å²) in [5.74, 6) is -2.37. The van der Waals surface area contributed by atoms with Crippen molar-refractivity contribution in [3.63, 3.8) is 0 Å². The predicted octanol–water partition coefficient (Wildman–Crippen LogP) is 1.51. The van der Waals surface area contributed by atoms with Crippen LogP contribution in [0.1, 0.15) is 34.9 Å². The summed E-state index contributed by atoms with van der Waals surface area (Å²) in [5, 5.41) is 12.5. The van der Waals surface area contributed by atoms with Crippen molar-refractivity contribution in [2.24, 2.45) is 10.7 Å². The van der Waals surface area contributed by atoms with Gasteiger partial charge in [0.15, 0.2) is 23.8 Å². The molecule has 0 saturated heterocycles. The number of hydrogen-bond donors (Lipinski definition) is 3. The number of hydrogen-bond acceptors (Lipinski definition) is 8. The Labute approximate surface area is 162 Å². The minimum Gasteiger partial charge on any atom is -0.370 e. The maximum atomic E-state index is 13.1. The van der Waals surface area contributed by atoms with Gasteiger partial charge in [-0.2, -0.15) is 13.2 Å². The molecule has 12 heteroatoms. The van der Waals surface area contributed by atoms with Crippen molar-refractivity contribution < 1.29 is 27.9 Å². The molecule has 1 aliphatic rings. The number of carbonyl (C=O) groups excluding carboxylic acids is 2. The van der Waals surface area contributed by atoms with E-state index in [1.807, 2.05) is 0 Å². The first-order valence-electron chi connectivity index (χ1n) is 8.20. The number of Topliss-reactive ketones (excluding diaryl/α,β-unsaturated/α-hetero) is 1.